The second-order valence-electron chi connectivity index (χ2n) is 4.37. The maximum absolute atomic E-state index is 4.54. The lowest BCUT2D eigenvalue weighted by atomic mass is 10.1. The van der Waals surface area contributed by atoms with Crippen LogP contribution in [0, 0.1) is 6.92 Å². The predicted octanol–water partition coefficient (Wildman–Crippen LogP) is 3.14. The van der Waals surface area contributed by atoms with E-state index in [-0.39, 0.29) is 0 Å². The van der Waals surface area contributed by atoms with E-state index in [1.807, 2.05) is 11.8 Å². The average molecular weight is 234 g/mol. The number of nitrogens with one attached hydrogen (secondary N) is 1. The molecule has 3 heteroatoms. The van der Waals surface area contributed by atoms with Crippen LogP contribution in [0.3, 0.4) is 0 Å². The highest BCUT2D eigenvalue weighted by Crippen LogP contribution is 2.20. The molecule has 1 aliphatic rings. The van der Waals surface area contributed by atoms with Gasteiger partial charge < -0.3 is 5.32 Å². The molecule has 0 fully saturated rings. The van der Waals surface area contributed by atoms with Gasteiger partial charge in [0.25, 0.3) is 0 Å². The zero-order valence-electron chi connectivity index (χ0n) is 10.0. The summed E-state index contributed by atoms with van der Waals surface area (Å²) in [7, 11) is 0. The van der Waals surface area contributed by atoms with Gasteiger partial charge in [-0.1, -0.05) is 41.6 Å². The smallest absolute Gasteiger partial charge is 0.157 e. The molecule has 0 aromatic heterocycles. The number of hydrogen-bond donors (Lipinski definition) is 1. The van der Waals surface area contributed by atoms with Gasteiger partial charge in [-0.2, -0.15) is 0 Å². The number of benzene rings is 1. The third kappa shape index (κ3) is 2.79. The summed E-state index contributed by atoms with van der Waals surface area (Å²) in [4.78, 5) is 4.54. The van der Waals surface area contributed by atoms with Crippen molar-refractivity contribution in [2.24, 2.45) is 4.99 Å². The number of aryl methyl sites for hydroxylation is 1. The van der Waals surface area contributed by atoms with Crippen LogP contribution in [0.1, 0.15) is 31.0 Å². The van der Waals surface area contributed by atoms with Crippen LogP contribution in [0.15, 0.2) is 29.3 Å². The van der Waals surface area contributed by atoms with Crippen molar-refractivity contribution < 1.29 is 0 Å². The third-order valence-electron chi connectivity index (χ3n) is 2.72. The molecule has 86 valence electrons. The van der Waals surface area contributed by atoms with E-state index in [0.29, 0.717) is 12.1 Å². The minimum Gasteiger partial charge on any atom is -0.358 e. The van der Waals surface area contributed by atoms with E-state index in [4.69, 9.17) is 0 Å². The fourth-order valence-corrected chi connectivity index (χ4v) is 2.67. The van der Waals surface area contributed by atoms with Crippen LogP contribution in [0.2, 0.25) is 0 Å². The zero-order chi connectivity index (χ0) is 11.5. The Morgan fingerprint density at radius 3 is 2.62 bits per heavy atom. The summed E-state index contributed by atoms with van der Waals surface area (Å²) in [6.07, 6.45) is 0. The Hall–Kier alpha value is -0.960. The molecule has 0 radical (unpaired) electrons. The first-order valence-corrected chi connectivity index (χ1v) is 6.67. The first kappa shape index (κ1) is 11.5. The van der Waals surface area contributed by atoms with E-state index in [0.717, 1.165) is 10.9 Å². The maximum Gasteiger partial charge on any atom is 0.157 e. The summed E-state index contributed by atoms with van der Waals surface area (Å²) in [5, 5.41) is 4.54. The standard InChI is InChI=1S/C13H18N2S/c1-9-4-6-12(7-5-9)11(3)15-13-14-10(2)8-16-13/h4-7,10-11H,8H2,1-3H3,(H,14,15). The molecule has 1 N–H and O–H groups in total. The summed E-state index contributed by atoms with van der Waals surface area (Å²) in [6, 6.07) is 9.45. The Kier molecular flexibility index (Phi) is 3.54. The van der Waals surface area contributed by atoms with Crippen molar-refractivity contribution in [3.8, 4) is 0 Å². The van der Waals surface area contributed by atoms with Crippen molar-refractivity contribution in [2.75, 3.05) is 5.75 Å². The first-order valence-electron chi connectivity index (χ1n) is 5.69. The highest BCUT2D eigenvalue weighted by atomic mass is 32.2. The summed E-state index contributed by atoms with van der Waals surface area (Å²) >= 11 is 1.82. The summed E-state index contributed by atoms with van der Waals surface area (Å²) in [5.41, 5.74) is 2.62. The van der Waals surface area contributed by atoms with Gasteiger partial charge in [-0.25, -0.2) is 0 Å². The third-order valence-corrected chi connectivity index (χ3v) is 3.86. The second-order valence-corrected chi connectivity index (χ2v) is 5.38. The SMILES string of the molecule is Cc1ccc(C(C)NC2=NC(C)CS2)cc1. The number of nitrogens with zero attached hydrogens (tertiary/aromatic N) is 1. The lowest BCUT2D eigenvalue weighted by Gasteiger charge is -2.14. The van der Waals surface area contributed by atoms with Crippen molar-refractivity contribution in [3.05, 3.63) is 35.4 Å². The molecule has 16 heavy (non-hydrogen) atoms. The van der Waals surface area contributed by atoms with Gasteiger partial charge in [0, 0.05) is 5.75 Å². The monoisotopic (exact) mass is 234 g/mol. The van der Waals surface area contributed by atoms with Crippen molar-refractivity contribution in [2.45, 2.75) is 32.9 Å². The normalized spacial score (nSPS) is 21.7. The number of hydrogen-bond acceptors (Lipinski definition) is 3. The van der Waals surface area contributed by atoms with Crippen molar-refractivity contribution in [1.82, 2.24) is 5.32 Å². The summed E-state index contributed by atoms with van der Waals surface area (Å²) < 4.78 is 0. The van der Waals surface area contributed by atoms with E-state index in [2.05, 4.69) is 55.3 Å². The Labute approximate surface area is 102 Å². The van der Waals surface area contributed by atoms with Gasteiger partial charge in [-0.15, -0.1) is 0 Å². The van der Waals surface area contributed by atoms with E-state index < -0.39 is 0 Å². The Bertz CT molecular complexity index is 383. The number of amidine groups is 1. The number of rotatable bonds is 2. The lowest BCUT2D eigenvalue weighted by Crippen LogP contribution is -2.22. The van der Waals surface area contributed by atoms with Gasteiger partial charge in [-0.05, 0) is 26.3 Å². The number of thioether (sulfide) groups is 1. The molecular formula is C13H18N2S. The van der Waals surface area contributed by atoms with Crippen LogP contribution in [0.4, 0.5) is 0 Å². The van der Waals surface area contributed by atoms with E-state index in [9.17, 15) is 0 Å². The Balaban J connectivity index is 2.00. The summed E-state index contributed by atoms with van der Waals surface area (Å²) in [5.74, 6) is 1.10. The zero-order valence-corrected chi connectivity index (χ0v) is 10.8. The van der Waals surface area contributed by atoms with Gasteiger partial charge in [0.2, 0.25) is 0 Å². The molecule has 2 nitrogen and oxygen atoms in total. The van der Waals surface area contributed by atoms with Crippen molar-refractivity contribution >= 4 is 16.9 Å². The first-order chi connectivity index (χ1) is 7.65. The van der Waals surface area contributed by atoms with E-state index in [1.165, 1.54) is 11.1 Å². The molecule has 0 saturated heterocycles. The largest absolute Gasteiger partial charge is 0.358 e. The Morgan fingerprint density at radius 1 is 1.38 bits per heavy atom. The van der Waals surface area contributed by atoms with E-state index in [1.54, 1.807) is 0 Å². The molecule has 2 unspecified atom stereocenters. The topological polar surface area (TPSA) is 24.4 Å². The summed E-state index contributed by atoms with van der Waals surface area (Å²) in [6.45, 7) is 6.44. The molecule has 0 aliphatic carbocycles. The van der Waals surface area contributed by atoms with Gasteiger partial charge >= 0.3 is 0 Å². The molecule has 1 aliphatic heterocycles. The van der Waals surface area contributed by atoms with Crippen LogP contribution >= 0.6 is 11.8 Å². The van der Waals surface area contributed by atoms with Crippen LogP contribution < -0.4 is 5.32 Å². The van der Waals surface area contributed by atoms with Crippen LogP contribution in [0.25, 0.3) is 0 Å². The van der Waals surface area contributed by atoms with Crippen molar-refractivity contribution in [1.29, 1.82) is 0 Å². The van der Waals surface area contributed by atoms with Gasteiger partial charge in [0.05, 0.1) is 12.1 Å². The predicted molar refractivity (Wildman–Crippen MR) is 72.1 cm³/mol. The van der Waals surface area contributed by atoms with Gasteiger partial charge in [0.1, 0.15) is 0 Å². The van der Waals surface area contributed by atoms with Crippen molar-refractivity contribution in [3.63, 3.8) is 0 Å². The molecule has 0 spiro atoms. The molecule has 0 saturated carbocycles. The number of aliphatic imine (C=N–C) groups is 1. The van der Waals surface area contributed by atoms with Gasteiger partial charge in [0.15, 0.2) is 5.17 Å². The van der Waals surface area contributed by atoms with Crippen LogP contribution in [0.5, 0.6) is 0 Å². The molecule has 2 atom stereocenters. The highest BCUT2D eigenvalue weighted by molar-refractivity contribution is 8.14. The molecule has 1 heterocycles. The Morgan fingerprint density at radius 2 is 2.06 bits per heavy atom. The molecule has 1 aromatic carbocycles. The quantitative estimate of drug-likeness (QED) is 0.850. The fraction of sp³-hybridized carbons (Fsp3) is 0.462. The minimum absolute atomic E-state index is 0.331. The highest BCUT2D eigenvalue weighted by Gasteiger charge is 2.15. The molecule has 0 bridgehead atoms. The molecular weight excluding hydrogens is 216 g/mol. The van der Waals surface area contributed by atoms with Crippen LogP contribution in [-0.4, -0.2) is 17.0 Å². The molecule has 0 amide bonds. The second kappa shape index (κ2) is 4.91. The minimum atomic E-state index is 0.331. The van der Waals surface area contributed by atoms with Gasteiger partial charge in [-0.3, -0.25) is 4.99 Å². The molecule has 2 rings (SSSR count). The lowest BCUT2D eigenvalue weighted by molar-refractivity contribution is 0.718. The van der Waals surface area contributed by atoms with Crippen LogP contribution in [-0.2, 0) is 0 Å². The molecule has 1 aromatic rings. The fourth-order valence-electron chi connectivity index (χ4n) is 1.68. The van der Waals surface area contributed by atoms with E-state index >= 15 is 0 Å². The maximum atomic E-state index is 4.54. The average Bonchev–Trinajstić information content (AvgIpc) is 2.65.